The van der Waals surface area contributed by atoms with E-state index in [1.54, 1.807) is 0 Å². The Morgan fingerprint density at radius 3 is 1.81 bits per heavy atom. The van der Waals surface area contributed by atoms with Crippen LogP contribution in [-0.2, 0) is 19.4 Å². The first kappa shape index (κ1) is 20.6. The fourth-order valence-electron chi connectivity index (χ4n) is 3.48. The maximum Gasteiger partial charge on any atom is 0.0705 e. The van der Waals surface area contributed by atoms with E-state index in [9.17, 15) is 5.11 Å². The van der Waals surface area contributed by atoms with Gasteiger partial charge in [-0.05, 0) is 54.2 Å². The molecule has 0 atom stereocenters. The van der Waals surface area contributed by atoms with Crippen LogP contribution in [0.25, 0.3) is 11.1 Å². The van der Waals surface area contributed by atoms with Gasteiger partial charge < -0.3 is 5.11 Å². The Bertz CT molecular complexity index is 759. The molecule has 2 aromatic rings. The molecule has 0 radical (unpaired) electrons. The third-order valence-electron chi connectivity index (χ3n) is 4.59. The van der Waals surface area contributed by atoms with Crippen LogP contribution in [0.4, 0.5) is 0 Å². The van der Waals surface area contributed by atoms with E-state index in [1.165, 1.54) is 27.9 Å². The summed E-state index contributed by atoms with van der Waals surface area (Å²) in [5.74, 6) is 0. The molecule has 0 bridgehead atoms. The largest absolute Gasteiger partial charge is 0.392 e. The van der Waals surface area contributed by atoms with Crippen LogP contribution in [0.3, 0.4) is 0 Å². The van der Waals surface area contributed by atoms with E-state index in [0.717, 1.165) is 24.1 Å². The molecule has 0 aliphatic rings. The van der Waals surface area contributed by atoms with E-state index in [2.05, 4.69) is 72.7 Å². The lowest BCUT2D eigenvalue weighted by Gasteiger charge is -2.28. The van der Waals surface area contributed by atoms with E-state index >= 15 is 0 Å². The van der Waals surface area contributed by atoms with Gasteiger partial charge in [-0.2, -0.15) is 0 Å². The molecule has 2 heteroatoms. The van der Waals surface area contributed by atoms with Crippen LogP contribution in [0.1, 0.15) is 69.6 Å². The maximum absolute atomic E-state index is 10.1. The molecule has 2 nitrogen and oxygen atoms in total. The van der Waals surface area contributed by atoms with Gasteiger partial charge in [0, 0.05) is 17.0 Å². The third-order valence-corrected chi connectivity index (χ3v) is 4.59. The lowest BCUT2D eigenvalue weighted by Crippen LogP contribution is -2.19. The Morgan fingerprint density at radius 1 is 0.808 bits per heavy atom. The minimum Gasteiger partial charge on any atom is -0.392 e. The number of hydrogen-bond donors (Lipinski definition) is 1. The molecule has 0 saturated heterocycles. The van der Waals surface area contributed by atoms with Crippen molar-refractivity contribution >= 4 is 0 Å². The number of aryl methyl sites for hydroxylation is 2. The predicted octanol–water partition coefficient (Wildman–Crippen LogP) is 6.03. The number of rotatable bonds is 4. The van der Waals surface area contributed by atoms with E-state index in [0.29, 0.717) is 0 Å². The van der Waals surface area contributed by atoms with Crippen LogP contribution in [0.15, 0.2) is 24.3 Å². The third kappa shape index (κ3) is 5.17. The first-order chi connectivity index (χ1) is 11.9. The Labute approximate surface area is 159 Å². The number of aliphatic hydroxyl groups excluding tert-OH is 1. The molecule has 0 amide bonds. The summed E-state index contributed by atoms with van der Waals surface area (Å²) >= 11 is 0. The van der Waals surface area contributed by atoms with Crippen LogP contribution in [0, 0.1) is 24.7 Å². The summed E-state index contributed by atoms with van der Waals surface area (Å²) in [6.07, 6.45) is 1.88. The maximum atomic E-state index is 10.1. The standard InChI is InChI=1S/C24H35NO/c1-16-9-11-18(12-10-16)22-19(13-23(3,4)5)21(14-24(6,7)8)25-17(2)20(22)15-26/h9-12,26H,13-15H2,1-8H3. The van der Waals surface area contributed by atoms with E-state index in [-0.39, 0.29) is 17.4 Å². The first-order valence-corrected chi connectivity index (χ1v) is 9.60. The highest BCUT2D eigenvalue weighted by molar-refractivity contribution is 5.73. The number of aliphatic hydroxyl groups is 1. The molecule has 2 rings (SSSR count). The number of nitrogens with zero attached hydrogens (tertiary/aromatic N) is 1. The zero-order valence-electron chi connectivity index (χ0n) is 17.8. The molecule has 1 N–H and O–H groups in total. The molecular formula is C24H35NO. The van der Waals surface area contributed by atoms with Crippen molar-refractivity contribution in [3.8, 4) is 11.1 Å². The summed E-state index contributed by atoms with van der Waals surface area (Å²) in [6.45, 7) is 17.7. The van der Waals surface area contributed by atoms with Crippen molar-refractivity contribution in [3.63, 3.8) is 0 Å². The zero-order chi connectivity index (χ0) is 19.7. The molecule has 0 aliphatic heterocycles. The normalized spacial score (nSPS) is 12.5. The van der Waals surface area contributed by atoms with Crippen LogP contribution < -0.4 is 0 Å². The summed E-state index contributed by atoms with van der Waals surface area (Å²) in [7, 11) is 0. The number of benzene rings is 1. The van der Waals surface area contributed by atoms with Crippen molar-refractivity contribution < 1.29 is 5.11 Å². The second-order valence-electron chi connectivity index (χ2n) is 9.98. The summed E-state index contributed by atoms with van der Waals surface area (Å²) in [4.78, 5) is 4.96. The van der Waals surface area contributed by atoms with Crippen molar-refractivity contribution in [2.75, 3.05) is 0 Å². The van der Waals surface area contributed by atoms with Crippen molar-refractivity contribution in [1.82, 2.24) is 4.98 Å². The molecular weight excluding hydrogens is 318 g/mol. The van der Waals surface area contributed by atoms with Crippen molar-refractivity contribution in [2.45, 2.75) is 74.8 Å². The van der Waals surface area contributed by atoms with Crippen LogP contribution in [-0.4, -0.2) is 10.1 Å². The molecule has 0 spiro atoms. The summed E-state index contributed by atoms with van der Waals surface area (Å²) in [5.41, 5.74) is 8.31. The summed E-state index contributed by atoms with van der Waals surface area (Å²) in [6, 6.07) is 8.65. The fraction of sp³-hybridized carbons (Fsp3) is 0.542. The zero-order valence-corrected chi connectivity index (χ0v) is 17.8. The van der Waals surface area contributed by atoms with Gasteiger partial charge >= 0.3 is 0 Å². The summed E-state index contributed by atoms with van der Waals surface area (Å²) in [5, 5.41) is 10.1. The Balaban J connectivity index is 2.80. The number of hydrogen-bond acceptors (Lipinski definition) is 2. The van der Waals surface area contributed by atoms with Crippen LogP contribution in [0.2, 0.25) is 0 Å². The van der Waals surface area contributed by atoms with Crippen molar-refractivity contribution in [2.24, 2.45) is 10.8 Å². The highest BCUT2D eigenvalue weighted by Gasteiger charge is 2.25. The molecule has 26 heavy (non-hydrogen) atoms. The SMILES string of the molecule is Cc1ccc(-c2c(CO)c(C)nc(CC(C)(C)C)c2CC(C)(C)C)cc1. The van der Waals surface area contributed by atoms with Gasteiger partial charge in [0.25, 0.3) is 0 Å². The number of aromatic nitrogens is 1. The van der Waals surface area contributed by atoms with Gasteiger partial charge in [0.15, 0.2) is 0 Å². The smallest absolute Gasteiger partial charge is 0.0705 e. The Hall–Kier alpha value is -1.67. The molecule has 1 aromatic heterocycles. The van der Waals surface area contributed by atoms with Gasteiger partial charge in [0.05, 0.1) is 6.61 Å². The van der Waals surface area contributed by atoms with Gasteiger partial charge in [-0.1, -0.05) is 71.4 Å². The van der Waals surface area contributed by atoms with Gasteiger partial charge in [-0.15, -0.1) is 0 Å². The Kier molecular flexibility index (Phi) is 5.97. The van der Waals surface area contributed by atoms with Gasteiger partial charge in [-0.3, -0.25) is 4.98 Å². The number of pyridine rings is 1. The van der Waals surface area contributed by atoms with Crippen LogP contribution in [0.5, 0.6) is 0 Å². The second kappa shape index (κ2) is 7.52. The van der Waals surface area contributed by atoms with E-state index < -0.39 is 0 Å². The van der Waals surface area contributed by atoms with E-state index in [1.807, 2.05) is 6.92 Å². The molecule has 1 aromatic carbocycles. The molecule has 0 fully saturated rings. The van der Waals surface area contributed by atoms with Crippen LogP contribution >= 0.6 is 0 Å². The average molecular weight is 354 g/mol. The van der Waals surface area contributed by atoms with E-state index in [4.69, 9.17) is 4.98 Å². The first-order valence-electron chi connectivity index (χ1n) is 9.60. The molecule has 0 saturated carbocycles. The average Bonchev–Trinajstić information content (AvgIpc) is 2.48. The molecule has 1 heterocycles. The molecule has 0 aliphatic carbocycles. The molecule has 142 valence electrons. The van der Waals surface area contributed by atoms with Crippen molar-refractivity contribution in [3.05, 3.63) is 52.3 Å². The highest BCUT2D eigenvalue weighted by atomic mass is 16.3. The topological polar surface area (TPSA) is 33.1 Å². The highest BCUT2D eigenvalue weighted by Crippen LogP contribution is 2.37. The van der Waals surface area contributed by atoms with Gasteiger partial charge in [0.2, 0.25) is 0 Å². The van der Waals surface area contributed by atoms with Crippen molar-refractivity contribution in [1.29, 1.82) is 0 Å². The second-order valence-corrected chi connectivity index (χ2v) is 9.98. The summed E-state index contributed by atoms with van der Waals surface area (Å²) < 4.78 is 0. The quantitative estimate of drug-likeness (QED) is 0.727. The fourth-order valence-corrected chi connectivity index (χ4v) is 3.48. The minimum absolute atomic E-state index is 0.0228. The lowest BCUT2D eigenvalue weighted by atomic mass is 9.79. The van der Waals surface area contributed by atoms with Gasteiger partial charge in [0.1, 0.15) is 0 Å². The van der Waals surface area contributed by atoms with Gasteiger partial charge in [-0.25, -0.2) is 0 Å². The molecule has 0 unspecified atom stereocenters. The predicted molar refractivity (Wildman–Crippen MR) is 111 cm³/mol. The minimum atomic E-state index is 0.0228. The lowest BCUT2D eigenvalue weighted by molar-refractivity contribution is 0.280. The monoisotopic (exact) mass is 353 g/mol. The Morgan fingerprint density at radius 2 is 1.35 bits per heavy atom.